The fraction of sp³-hybridized carbons (Fsp3) is 0.0952. The number of thioether (sulfide) groups is 1. The van der Waals surface area contributed by atoms with E-state index in [0.29, 0.717) is 33.2 Å². The summed E-state index contributed by atoms with van der Waals surface area (Å²) < 4.78 is 25.8. The summed E-state index contributed by atoms with van der Waals surface area (Å²) in [6.45, 7) is 0.205. The van der Waals surface area contributed by atoms with Crippen molar-refractivity contribution in [1.29, 1.82) is 0 Å². The van der Waals surface area contributed by atoms with E-state index < -0.39 is 0 Å². The second-order valence-electron chi connectivity index (χ2n) is 6.50. The van der Waals surface area contributed by atoms with Gasteiger partial charge in [0.25, 0.3) is 5.91 Å². The van der Waals surface area contributed by atoms with Gasteiger partial charge in [-0.1, -0.05) is 11.8 Å². The number of amides is 1. The van der Waals surface area contributed by atoms with Gasteiger partial charge in [0.1, 0.15) is 11.5 Å². The number of hydrogen-bond acceptors (Lipinski definition) is 7. The molecule has 7 nitrogen and oxygen atoms in total. The smallest absolute Gasteiger partial charge is 0.276 e. The van der Waals surface area contributed by atoms with Gasteiger partial charge in [-0.2, -0.15) is 0 Å². The summed E-state index contributed by atoms with van der Waals surface area (Å²) in [4.78, 5) is 21.8. The molecule has 0 aliphatic carbocycles. The molecule has 1 aliphatic rings. The largest absolute Gasteiger partial charge is 0.454 e. The molecule has 1 amide bonds. The van der Waals surface area contributed by atoms with Crippen LogP contribution in [0.1, 0.15) is 10.5 Å². The number of aromatic nitrogens is 3. The number of nitrogens with zero attached hydrogens (tertiary/aromatic N) is 3. The minimum atomic E-state index is -0.358. The van der Waals surface area contributed by atoms with Crippen molar-refractivity contribution < 1.29 is 18.7 Å². The Balaban J connectivity index is 1.40. The maximum atomic E-state index is 13.3. The summed E-state index contributed by atoms with van der Waals surface area (Å²) >= 11 is 2.71. The standard InChI is InChI=1S/C21H15FN4O3S2/c1-30-21-23-9-16(26(21)14-5-3-13(22)4-6-14)19(27)25-20-24-15(10-31-20)12-2-7-17-18(8-12)29-11-28-17/h2-10H,11H2,1H3,(H,24,25,27). The van der Waals surface area contributed by atoms with Crippen LogP contribution in [0.15, 0.2) is 59.2 Å². The topological polar surface area (TPSA) is 78.3 Å². The highest BCUT2D eigenvalue weighted by atomic mass is 32.2. The Kier molecular flexibility index (Phi) is 5.08. The molecule has 0 spiro atoms. The van der Waals surface area contributed by atoms with Crippen molar-refractivity contribution >= 4 is 34.1 Å². The Morgan fingerprint density at radius 2 is 2.00 bits per heavy atom. The normalized spacial score (nSPS) is 12.2. The zero-order valence-electron chi connectivity index (χ0n) is 16.2. The lowest BCUT2D eigenvalue weighted by Gasteiger charge is -2.10. The number of ether oxygens (including phenoxy) is 2. The van der Waals surface area contributed by atoms with Gasteiger partial charge in [-0.05, 0) is 48.7 Å². The number of imidazole rings is 1. The minimum absolute atomic E-state index is 0.205. The van der Waals surface area contributed by atoms with Crippen LogP contribution in [0.2, 0.25) is 0 Å². The third-order valence-corrected chi connectivity index (χ3v) is 6.03. The summed E-state index contributed by atoms with van der Waals surface area (Å²) in [5.74, 6) is 0.665. The lowest BCUT2D eigenvalue weighted by atomic mass is 10.1. The van der Waals surface area contributed by atoms with E-state index in [9.17, 15) is 9.18 Å². The van der Waals surface area contributed by atoms with Crippen molar-refractivity contribution in [3.63, 3.8) is 0 Å². The summed E-state index contributed by atoms with van der Waals surface area (Å²) in [5.41, 5.74) is 2.56. The molecule has 2 aromatic heterocycles. The van der Waals surface area contributed by atoms with Crippen LogP contribution in [0.3, 0.4) is 0 Å². The van der Waals surface area contributed by atoms with Crippen LogP contribution in [0.5, 0.6) is 11.5 Å². The van der Waals surface area contributed by atoms with Crippen LogP contribution in [-0.2, 0) is 0 Å². The van der Waals surface area contributed by atoms with Gasteiger partial charge in [-0.25, -0.2) is 14.4 Å². The zero-order chi connectivity index (χ0) is 21.4. The maximum Gasteiger partial charge on any atom is 0.276 e. The molecule has 0 atom stereocenters. The first kappa shape index (κ1) is 19.6. The van der Waals surface area contributed by atoms with E-state index in [2.05, 4.69) is 15.3 Å². The fourth-order valence-corrected chi connectivity index (χ4v) is 4.42. The molecule has 1 aliphatic heterocycles. The van der Waals surface area contributed by atoms with Crippen LogP contribution >= 0.6 is 23.1 Å². The van der Waals surface area contributed by atoms with Gasteiger partial charge in [0.05, 0.1) is 11.9 Å². The molecule has 0 bridgehead atoms. The second-order valence-corrected chi connectivity index (χ2v) is 8.13. The van der Waals surface area contributed by atoms with Crippen molar-refractivity contribution in [2.75, 3.05) is 18.4 Å². The van der Waals surface area contributed by atoms with E-state index in [4.69, 9.17) is 9.47 Å². The molecule has 3 heterocycles. The van der Waals surface area contributed by atoms with Crippen molar-refractivity contribution in [2.24, 2.45) is 0 Å². The number of halogens is 1. The summed E-state index contributed by atoms with van der Waals surface area (Å²) in [6, 6.07) is 11.5. The number of carbonyl (C=O) groups is 1. The number of benzene rings is 2. The Morgan fingerprint density at radius 1 is 1.19 bits per heavy atom. The number of thiazole rings is 1. The van der Waals surface area contributed by atoms with Crippen molar-refractivity contribution in [3.05, 3.63) is 65.6 Å². The van der Waals surface area contributed by atoms with Gasteiger partial charge in [0.15, 0.2) is 21.8 Å². The molecule has 156 valence electrons. The Morgan fingerprint density at radius 3 is 2.81 bits per heavy atom. The SMILES string of the molecule is CSc1ncc(C(=O)Nc2nc(-c3ccc4c(c3)OCO4)cs2)n1-c1ccc(F)cc1. The summed E-state index contributed by atoms with van der Waals surface area (Å²) in [5, 5.41) is 5.76. The molecule has 4 aromatic rings. The minimum Gasteiger partial charge on any atom is -0.454 e. The van der Waals surface area contributed by atoms with Gasteiger partial charge in [0, 0.05) is 16.6 Å². The summed E-state index contributed by atoms with van der Waals surface area (Å²) in [6.07, 6.45) is 3.36. The van der Waals surface area contributed by atoms with E-state index in [1.165, 1.54) is 41.4 Å². The van der Waals surface area contributed by atoms with E-state index in [0.717, 1.165) is 11.3 Å². The molecule has 0 fully saturated rings. The maximum absolute atomic E-state index is 13.3. The van der Waals surface area contributed by atoms with Gasteiger partial charge in [-0.15, -0.1) is 11.3 Å². The Hall–Kier alpha value is -3.37. The quantitative estimate of drug-likeness (QED) is 0.435. The van der Waals surface area contributed by atoms with E-state index in [1.807, 2.05) is 29.8 Å². The fourth-order valence-electron chi connectivity index (χ4n) is 3.16. The first-order valence-corrected chi connectivity index (χ1v) is 11.3. The molecule has 0 radical (unpaired) electrons. The van der Waals surface area contributed by atoms with Gasteiger partial charge < -0.3 is 9.47 Å². The van der Waals surface area contributed by atoms with Gasteiger partial charge in [0.2, 0.25) is 6.79 Å². The number of hydrogen-bond donors (Lipinski definition) is 1. The van der Waals surface area contributed by atoms with Gasteiger partial charge >= 0.3 is 0 Å². The molecular formula is C21H15FN4O3S2. The molecule has 2 aromatic carbocycles. The first-order chi connectivity index (χ1) is 15.1. The van der Waals surface area contributed by atoms with Gasteiger partial charge in [-0.3, -0.25) is 14.7 Å². The molecule has 0 unspecified atom stereocenters. The number of fused-ring (bicyclic) bond motifs is 1. The molecule has 1 N–H and O–H groups in total. The molecule has 5 rings (SSSR count). The number of carbonyl (C=O) groups excluding carboxylic acids is 1. The predicted octanol–water partition coefficient (Wildman–Crippen LogP) is 4.84. The average Bonchev–Trinajstić information content (AvgIpc) is 3.52. The second kappa shape index (κ2) is 8.05. The third-order valence-electron chi connectivity index (χ3n) is 4.62. The highest BCUT2D eigenvalue weighted by Crippen LogP contribution is 2.36. The Bertz CT molecular complexity index is 1270. The monoisotopic (exact) mass is 454 g/mol. The lowest BCUT2D eigenvalue weighted by Crippen LogP contribution is -2.16. The first-order valence-electron chi connectivity index (χ1n) is 9.17. The van der Waals surface area contributed by atoms with Crippen LogP contribution < -0.4 is 14.8 Å². The van der Waals surface area contributed by atoms with E-state index in [1.54, 1.807) is 16.7 Å². The summed E-state index contributed by atoms with van der Waals surface area (Å²) in [7, 11) is 0. The van der Waals surface area contributed by atoms with Crippen LogP contribution in [0.4, 0.5) is 9.52 Å². The van der Waals surface area contributed by atoms with E-state index in [-0.39, 0.29) is 18.5 Å². The number of anilines is 1. The van der Waals surface area contributed by atoms with Crippen LogP contribution in [0, 0.1) is 5.82 Å². The zero-order valence-corrected chi connectivity index (χ0v) is 17.8. The molecule has 0 saturated carbocycles. The molecule has 31 heavy (non-hydrogen) atoms. The molecule has 0 saturated heterocycles. The Labute approximate surface area is 184 Å². The predicted molar refractivity (Wildman–Crippen MR) is 117 cm³/mol. The van der Waals surface area contributed by atoms with Crippen LogP contribution in [-0.4, -0.2) is 33.5 Å². The molecular weight excluding hydrogens is 439 g/mol. The van der Waals surface area contributed by atoms with Crippen molar-refractivity contribution in [3.8, 4) is 28.4 Å². The highest BCUT2D eigenvalue weighted by Gasteiger charge is 2.20. The average molecular weight is 455 g/mol. The third kappa shape index (κ3) is 3.75. The number of nitrogens with one attached hydrogen (secondary N) is 1. The van der Waals surface area contributed by atoms with Crippen molar-refractivity contribution in [2.45, 2.75) is 5.16 Å². The molecule has 10 heteroatoms. The lowest BCUT2D eigenvalue weighted by molar-refractivity contribution is 0.102. The number of rotatable bonds is 5. The van der Waals surface area contributed by atoms with Crippen LogP contribution in [0.25, 0.3) is 16.9 Å². The van der Waals surface area contributed by atoms with Crippen molar-refractivity contribution in [1.82, 2.24) is 14.5 Å². The highest BCUT2D eigenvalue weighted by molar-refractivity contribution is 7.98. The van der Waals surface area contributed by atoms with E-state index >= 15 is 0 Å².